The van der Waals surface area contributed by atoms with Crippen molar-refractivity contribution in [2.24, 2.45) is 17.3 Å². The number of nitriles is 1. The average Bonchev–Trinajstić information content (AvgIpc) is 2.30. The van der Waals surface area contributed by atoms with Gasteiger partial charge >= 0.3 is 0 Å². The first-order valence-corrected chi connectivity index (χ1v) is 6.45. The Bertz CT molecular complexity index is 460. The van der Waals surface area contributed by atoms with Crippen LogP contribution in [0, 0.1) is 28.6 Å². The molecule has 0 atom stereocenters. The number of carbonyl (C=O) groups excluding carboxylic acids is 1. The number of ketones is 1. The first-order chi connectivity index (χ1) is 8.36. The molecule has 0 aliphatic rings. The zero-order chi connectivity index (χ0) is 13.9. The molecular formula is C15H18ClNO. The quantitative estimate of drug-likeness (QED) is 0.758. The third kappa shape index (κ3) is 2.42. The number of rotatable bonds is 4. The van der Waals surface area contributed by atoms with Crippen LogP contribution in [0.3, 0.4) is 0 Å². The molecule has 0 bridgehead atoms. The van der Waals surface area contributed by atoms with E-state index in [0.29, 0.717) is 10.6 Å². The Morgan fingerprint density at radius 3 is 1.94 bits per heavy atom. The first-order valence-electron chi connectivity index (χ1n) is 6.07. The molecule has 0 amide bonds. The smallest absolute Gasteiger partial charge is 0.183 e. The number of halogens is 1. The minimum absolute atomic E-state index is 0.0364. The Morgan fingerprint density at radius 2 is 1.61 bits per heavy atom. The Labute approximate surface area is 114 Å². The zero-order valence-electron chi connectivity index (χ0n) is 11.2. The maximum Gasteiger partial charge on any atom is 0.183 e. The highest BCUT2D eigenvalue weighted by atomic mass is 35.5. The van der Waals surface area contributed by atoms with Crippen molar-refractivity contribution in [3.05, 3.63) is 34.9 Å². The van der Waals surface area contributed by atoms with E-state index in [1.54, 1.807) is 24.3 Å². The summed E-state index contributed by atoms with van der Waals surface area (Å²) < 4.78 is 0. The number of benzene rings is 1. The van der Waals surface area contributed by atoms with E-state index in [1.165, 1.54) is 0 Å². The van der Waals surface area contributed by atoms with E-state index in [2.05, 4.69) is 6.07 Å². The van der Waals surface area contributed by atoms with Crippen molar-refractivity contribution in [3.8, 4) is 6.07 Å². The lowest BCUT2D eigenvalue weighted by Crippen LogP contribution is -2.40. The molecule has 0 aromatic heterocycles. The van der Waals surface area contributed by atoms with Gasteiger partial charge in [0.15, 0.2) is 5.78 Å². The lowest BCUT2D eigenvalue weighted by Gasteiger charge is -2.33. The summed E-state index contributed by atoms with van der Waals surface area (Å²) in [6.45, 7) is 7.65. The van der Waals surface area contributed by atoms with Crippen molar-refractivity contribution in [2.75, 3.05) is 0 Å². The van der Waals surface area contributed by atoms with Gasteiger partial charge in [-0.15, -0.1) is 0 Å². The first kappa shape index (κ1) is 14.7. The lowest BCUT2D eigenvalue weighted by atomic mass is 9.66. The molecule has 0 unspecified atom stereocenters. The molecule has 0 fully saturated rings. The Hall–Kier alpha value is -1.33. The van der Waals surface area contributed by atoms with Gasteiger partial charge in [-0.3, -0.25) is 4.79 Å². The van der Waals surface area contributed by atoms with E-state index in [1.807, 2.05) is 27.7 Å². The van der Waals surface area contributed by atoms with Crippen LogP contribution in [-0.4, -0.2) is 5.78 Å². The summed E-state index contributed by atoms with van der Waals surface area (Å²) >= 11 is 5.81. The number of hydrogen-bond acceptors (Lipinski definition) is 2. The molecule has 3 heteroatoms. The second kappa shape index (κ2) is 5.54. The van der Waals surface area contributed by atoms with Gasteiger partial charge in [0.1, 0.15) is 5.41 Å². The summed E-state index contributed by atoms with van der Waals surface area (Å²) in [7, 11) is 0. The largest absolute Gasteiger partial charge is 0.292 e. The molecule has 0 spiro atoms. The van der Waals surface area contributed by atoms with Gasteiger partial charge in [0, 0.05) is 10.6 Å². The summed E-state index contributed by atoms with van der Waals surface area (Å²) in [5, 5.41) is 10.1. The van der Waals surface area contributed by atoms with Crippen molar-refractivity contribution >= 4 is 17.4 Å². The van der Waals surface area contributed by atoms with Gasteiger partial charge in [-0.1, -0.05) is 39.3 Å². The monoisotopic (exact) mass is 263 g/mol. The zero-order valence-corrected chi connectivity index (χ0v) is 12.0. The van der Waals surface area contributed by atoms with E-state index in [9.17, 15) is 10.1 Å². The summed E-state index contributed by atoms with van der Waals surface area (Å²) in [5.41, 5.74) is -0.434. The SMILES string of the molecule is CC(C)C(C#N)(C(=O)c1ccc(Cl)cc1)C(C)C. The fourth-order valence-electron chi connectivity index (χ4n) is 2.34. The van der Waals surface area contributed by atoms with Crippen LogP contribution in [0.1, 0.15) is 38.1 Å². The minimum atomic E-state index is -0.978. The minimum Gasteiger partial charge on any atom is -0.292 e. The highest BCUT2D eigenvalue weighted by molar-refractivity contribution is 6.30. The highest BCUT2D eigenvalue weighted by Crippen LogP contribution is 2.38. The van der Waals surface area contributed by atoms with Crippen LogP contribution in [0.4, 0.5) is 0 Å². The molecule has 1 rings (SSSR count). The molecule has 0 N–H and O–H groups in total. The van der Waals surface area contributed by atoms with Gasteiger partial charge in [-0.05, 0) is 36.1 Å². The second-order valence-electron chi connectivity index (χ2n) is 5.13. The van der Waals surface area contributed by atoms with Crippen LogP contribution in [0.25, 0.3) is 0 Å². The Balaban J connectivity index is 3.28. The van der Waals surface area contributed by atoms with Gasteiger partial charge < -0.3 is 0 Å². The molecule has 0 saturated heterocycles. The van der Waals surface area contributed by atoms with Crippen LogP contribution in [0.15, 0.2) is 24.3 Å². The third-order valence-electron chi connectivity index (χ3n) is 3.49. The standard InChI is InChI=1S/C15H18ClNO/c1-10(2)15(9-17,11(3)4)14(18)12-5-7-13(16)8-6-12/h5-8,10-11H,1-4H3. The molecule has 0 heterocycles. The van der Waals surface area contributed by atoms with E-state index in [4.69, 9.17) is 11.6 Å². The summed E-state index contributed by atoms with van der Waals surface area (Å²) in [4.78, 5) is 12.6. The van der Waals surface area contributed by atoms with E-state index >= 15 is 0 Å². The van der Waals surface area contributed by atoms with Crippen molar-refractivity contribution in [2.45, 2.75) is 27.7 Å². The van der Waals surface area contributed by atoms with Gasteiger partial charge in [0.2, 0.25) is 0 Å². The summed E-state index contributed by atoms with van der Waals surface area (Å²) in [6, 6.07) is 8.97. The molecule has 1 aromatic rings. The second-order valence-corrected chi connectivity index (χ2v) is 5.56. The molecule has 0 saturated carbocycles. The lowest BCUT2D eigenvalue weighted by molar-refractivity contribution is 0.0719. The van der Waals surface area contributed by atoms with Crippen molar-refractivity contribution in [1.29, 1.82) is 5.26 Å². The van der Waals surface area contributed by atoms with Crippen LogP contribution >= 0.6 is 11.6 Å². The van der Waals surface area contributed by atoms with Gasteiger partial charge in [0.25, 0.3) is 0 Å². The Kier molecular flexibility index (Phi) is 4.53. The van der Waals surface area contributed by atoms with Crippen LogP contribution in [-0.2, 0) is 0 Å². The number of hydrogen-bond donors (Lipinski definition) is 0. The number of nitrogens with zero attached hydrogens (tertiary/aromatic N) is 1. The molecule has 0 radical (unpaired) electrons. The molecule has 0 aliphatic carbocycles. The molecule has 1 aromatic carbocycles. The fourth-order valence-corrected chi connectivity index (χ4v) is 2.47. The maximum atomic E-state index is 12.6. The predicted octanol–water partition coefficient (Wildman–Crippen LogP) is 4.34. The van der Waals surface area contributed by atoms with Crippen molar-refractivity contribution in [1.82, 2.24) is 0 Å². The van der Waals surface area contributed by atoms with Crippen LogP contribution in [0.2, 0.25) is 5.02 Å². The van der Waals surface area contributed by atoms with E-state index < -0.39 is 5.41 Å². The molecule has 2 nitrogen and oxygen atoms in total. The van der Waals surface area contributed by atoms with E-state index in [0.717, 1.165) is 0 Å². The fraction of sp³-hybridized carbons (Fsp3) is 0.467. The average molecular weight is 264 g/mol. The molecular weight excluding hydrogens is 246 g/mol. The normalized spacial score (nSPS) is 11.7. The maximum absolute atomic E-state index is 12.6. The highest BCUT2D eigenvalue weighted by Gasteiger charge is 2.45. The van der Waals surface area contributed by atoms with E-state index in [-0.39, 0.29) is 17.6 Å². The van der Waals surface area contributed by atoms with Gasteiger partial charge in [-0.2, -0.15) is 5.26 Å². The van der Waals surface area contributed by atoms with Crippen LogP contribution < -0.4 is 0 Å². The Morgan fingerprint density at radius 1 is 1.17 bits per heavy atom. The third-order valence-corrected chi connectivity index (χ3v) is 3.74. The molecule has 96 valence electrons. The van der Waals surface area contributed by atoms with Crippen molar-refractivity contribution < 1.29 is 4.79 Å². The summed E-state index contributed by atoms with van der Waals surface area (Å²) in [6.07, 6.45) is 0. The van der Waals surface area contributed by atoms with Crippen LogP contribution in [0.5, 0.6) is 0 Å². The van der Waals surface area contributed by atoms with Gasteiger partial charge in [0.05, 0.1) is 6.07 Å². The topological polar surface area (TPSA) is 40.9 Å². The molecule has 0 aliphatic heterocycles. The number of carbonyl (C=O) groups is 1. The predicted molar refractivity (Wildman–Crippen MR) is 73.5 cm³/mol. The van der Waals surface area contributed by atoms with Crippen molar-refractivity contribution in [3.63, 3.8) is 0 Å². The number of Topliss-reactive ketones (excluding diaryl/α,β-unsaturated/α-hetero) is 1. The summed E-state index contributed by atoms with van der Waals surface area (Å²) in [5.74, 6) is -0.192. The molecule has 18 heavy (non-hydrogen) atoms. The van der Waals surface area contributed by atoms with Gasteiger partial charge in [-0.25, -0.2) is 0 Å².